The third-order valence-corrected chi connectivity index (χ3v) is 3.83. The van der Waals surface area contributed by atoms with Crippen LogP contribution in [0.3, 0.4) is 0 Å². The molecule has 19 heavy (non-hydrogen) atoms. The Kier molecular flexibility index (Phi) is 3.30. The van der Waals surface area contributed by atoms with E-state index in [1.807, 2.05) is 7.05 Å². The Labute approximate surface area is 111 Å². The minimum Gasteiger partial charge on any atom is -0.481 e. The van der Waals surface area contributed by atoms with Crippen LogP contribution in [-0.2, 0) is 23.1 Å². The van der Waals surface area contributed by atoms with Crippen molar-refractivity contribution in [3.05, 3.63) is 12.2 Å². The molecule has 1 amide bonds. The number of rotatable bonds is 5. The number of hydrogen-bond donors (Lipinski definition) is 2. The normalized spacial score (nSPS) is 23.9. The topological polar surface area (TPSA) is 97.1 Å². The summed E-state index contributed by atoms with van der Waals surface area (Å²) in [4.78, 5) is 22.9. The molecule has 2 unspecified atom stereocenters. The molecule has 0 saturated heterocycles. The number of aliphatic carboxylic acids is 1. The van der Waals surface area contributed by atoms with Crippen LogP contribution in [0.5, 0.6) is 0 Å². The highest BCUT2D eigenvalue weighted by Crippen LogP contribution is 2.58. The fraction of sp³-hybridized carbons (Fsp3) is 0.667. The monoisotopic (exact) mass is 266 g/mol. The quantitative estimate of drug-likeness (QED) is 0.771. The first-order chi connectivity index (χ1) is 8.85. The Hall–Kier alpha value is -1.92. The van der Waals surface area contributed by atoms with Crippen molar-refractivity contribution in [2.45, 2.75) is 20.3 Å². The second-order valence-electron chi connectivity index (χ2n) is 5.51. The fourth-order valence-corrected chi connectivity index (χ4v) is 2.53. The van der Waals surface area contributed by atoms with Crippen LogP contribution in [0.4, 0.5) is 0 Å². The van der Waals surface area contributed by atoms with Crippen LogP contribution in [0.1, 0.15) is 19.7 Å². The summed E-state index contributed by atoms with van der Waals surface area (Å²) in [7, 11) is 1.83. The van der Waals surface area contributed by atoms with Crippen LogP contribution in [0.15, 0.2) is 6.33 Å². The van der Waals surface area contributed by atoms with Crippen molar-refractivity contribution >= 4 is 11.9 Å². The Bertz CT molecular complexity index is 509. The second-order valence-corrected chi connectivity index (χ2v) is 5.51. The van der Waals surface area contributed by atoms with E-state index in [4.69, 9.17) is 5.11 Å². The number of nitrogens with zero attached hydrogens (tertiary/aromatic N) is 3. The molecule has 7 nitrogen and oxygen atoms in total. The van der Waals surface area contributed by atoms with Crippen molar-refractivity contribution in [1.29, 1.82) is 0 Å². The largest absolute Gasteiger partial charge is 0.481 e. The smallest absolute Gasteiger partial charge is 0.307 e. The first-order valence-corrected chi connectivity index (χ1v) is 6.19. The summed E-state index contributed by atoms with van der Waals surface area (Å²) in [5.41, 5.74) is -0.458. The molecule has 1 heterocycles. The highest BCUT2D eigenvalue weighted by atomic mass is 16.4. The maximum Gasteiger partial charge on any atom is 0.307 e. The fourth-order valence-electron chi connectivity index (χ4n) is 2.53. The number of carboxylic acids is 1. The third-order valence-electron chi connectivity index (χ3n) is 3.83. The van der Waals surface area contributed by atoms with Gasteiger partial charge in [0.15, 0.2) is 0 Å². The van der Waals surface area contributed by atoms with Gasteiger partial charge in [-0.1, -0.05) is 13.8 Å². The van der Waals surface area contributed by atoms with Gasteiger partial charge in [-0.2, -0.15) is 0 Å². The van der Waals surface area contributed by atoms with Gasteiger partial charge < -0.3 is 15.0 Å². The third kappa shape index (κ3) is 2.45. The standard InChI is InChI=1S/C12H18N4O3/c1-12(2)8(9(12)11(18)19)10(17)13-5-4-7-15-14-6-16(7)3/h6,8-9H,4-5H2,1-3H3,(H,13,17)(H,18,19). The number of carbonyl (C=O) groups excluding carboxylic acids is 1. The van der Waals surface area contributed by atoms with Crippen LogP contribution in [0, 0.1) is 17.3 Å². The molecule has 0 bridgehead atoms. The predicted molar refractivity (Wildman–Crippen MR) is 66.1 cm³/mol. The molecule has 104 valence electrons. The van der Waals surface area contributed by atoms with Crippen LogP contribution >= 0.6 is 0 Å². The van der Waals surface area contributed by atoms with Gasteiger partial charge in [0.05, 0.1) is 11.8 Å². The summed E-state index contributed by atoms with van der Waals surface area (Å²) >= 11 is 0. The van der Waals surface area contributed by atoms with Gasteiger partial charge in [0.25, 0.3) is 0 Å². The molecular formula is C12H18N4O3. The van der Waals surface area contributed by atoms with Gasteiger partial charge in [0, 0.05) is 20.0 Å². The van der Waals surface area contributed by atoms with Crippen LogP contribution in [-0.4, -0.2) is 38.3 Å². The average Bonchev–Trinajstić information content (AvgIpc) is 2.66. The molecule has 7 heteroatoms. The van der Waals surface area contributed by atoms with E-state index in [2.05, 4.69) is 15.5 Å². The SMILES string of the molecule is Cn1cnnc1CCNC(=O)C1C(C(=O)O)C1(C)C. The van der Waals surface area contributed by atoms with Crippen molar-refractivity contribution in [1.82, 2.24) is 20.1 Å². The van der Waals surface area contributed by atoms with E-state index in [9.17, 15) is 9.59 Å². The Morgan fingerprint density at radius 1 is 1.47 bits per heavy atom. The van der Waals surface area contributed by atoms with Crippen LogP contribution < -0.4 is 5.32 Å². The van der Waals surface area contributed by atoms with Crippen molar-refractivity contribution in [3.8, 4) is 0 Å². The highest BCUT2D eigenvalue weighted by molar-refractivity contribution is 5.91. The van der Waals surface area contributed by atoms with Crippen molar-refractivity contribution < 1.29 is 14.7 Å². The molecular weight excluding hydrogens is 248 g/mol. The summed E-state index contributed by atoms with van der Waals surface area (Å²) < 4.78 is 1.78. The van der Waals surface area contributed by atoms with Crippen molar-refractivity contribution in [2.75, 3.05) is 6.54 Å². The van der Waals surface area contributed by atoms with E-state index >= 15 is 0 Å². The molecule has 0 aliphatic heterocycles. The second kappa shape index (κ2) is 4.64. The zero-order valence-corrected chi connectivity index (χ0v) is 11.3. The molecule has 1 aliphatic carbocycles. The van der Waals surface area contributed by atoms with Gasteiger partial charge in [-0.05, 0) is 5.41 Å². The highest BCUT2D eigenvalue weighted by Gasteiger charge is 2.65. The molecule has 1 saturated carbocycles. The molecule has 0 spiro atoms. The Morgan fingerprint density at radius 3 is 2.63 bits per heavy atom. The van der Waals surface area contributed by atoms with Gasteiger partial charge in [0.1, 0.15) is 12.2 Å². The minimum absolute atomic E-state index is 0.195. The molecule has 0 radical (unpaired) electrons. The van der Waals surface area contributed by atoms with E-state index in [0.29, 0.717) is 13.0 Å². The van der Waals surface area contributed by atoms with Crippen molar-refractivity contribution in [3.63, 3.8) is 0 Å². The summed E-state index contributed by atoms with van der Waals surface area (Å²) in [5.74, 6) is -1.34. The van der Waals surface area contributed by atoms with Crippen LogP contribution in [0.2, 0.25) is 0 Å². The van der Waals surface area contributed by atoms with Crippen LogP contribution in [0.25, 0.3) is 0 Å². The molecule has 1 aromatic heterocycles. The van der Waals surface area contributed by atoms with Gasteiger partial charge in [-0.25, -0.2) is 0 Å². The number of amides is 1. The number of nitrogens with one attached hydrogen (secondary N) is 1. The van der Waals surface area contributed by atoms with Gasteiger partial charge in [0.2, 0.25) is 5.91 Å². The number of aromatic nitrogens is 3. The number of aryl methyl sites for hydroxylation is 1. The number of hydrogen-bond acceptors (Lipinski definition) is 4. The van der Waals surface area contributed by atoms with E-state index in [1.165, 1.54) is 0 Å². The maximum absolute atomic E-state index is 11.9. The van der Waals surface area contributed by atoms with E-state index in [1.54, 1.807) is 24.7 Å². The van der Waals surface area contributed by atoms with Gasteiger partial charge in [-0.15, -0.1) is 10.2 Å². The zero-order chi connectivity index (χ0) is 14.2. The molecule has 0 aromatic carbocycles. The molecule has 1 fully saturated rings. The first-order valence-electron chi connectivity index (χ1n) is 6.19. The summed E-state index contributed by atoms with van der Waals surface area (Å²) in [6, 6.07) is 0. The average molecular weight is 266 g/mol. The van der Waals surface area contributed by atoms with Crippen molar-refractivity contribution in [2.24, 2.45) is 24.3 Å². The molecule has 2 atom stereocenters. The lowest BCUT2D eigenvalue weighted by atomic mass is 10.1. The van der Waals surface area contributed by atoms with Gasteiger partial charge in [-0.3, -0.25) is 9.59 Å². The zero-order valence-electron chi connectivity index (χ0n) is 11.3. The first kappa shape index (κ1) is 13.5. The molecule has 2 N–H and O–H groups in total. The lowest BCUT2D eigenvalue weighted by Crippen LogP contribution is -2.29. The molecule has 1 aliphatic rings. The molecule has 1 aromatic rings. The Morgan fingerprint density at radius 2 is 2.16 bits per heavy atom. The van der Waals surface area contributed by atoms with E-state index in [-0.39, 0.29) is 5.91 Å². The number of carboxylic acid groups (broad SMARTS) is 1. The maximum atomic E-state index is 11.9. The Balaban J connectivity index is 1.83. The molecule has 2 rings (SSSR count). The summed E-state index contributed by atoms with van der Waals surface area (Å²) in [6.45, 7) is 4.04. The van der Waals surface area contributed by atoms with E-state index in [0.717, 1.165) is 5.82 Å². The summed E-state index contributed by atoms with van der Waals surface area (Å²) in [6.07, 6.45) is 2.18. The predicted octanol–water partition coefficient (Wildman–Crippen LogP) is -0.169. The van der Waals surface area contributed by atoms with E-state index < -0.39 is 23.2 Å². The lowest BCUT2D eigenvalue weighted by molar-refractivity contribution is -0.140. The lowest BCUT2D eigenvalue weighted by Gasteiger charge is -2.05. The minimum atomic E-state index is -0.904. The number of carbonyl (C=O) groups is 2. The van der Waals surface area contributed by atoms with Gasteiger partial charge >= 0.3 is 5.97 Å². The summed E-state index contributed by atoms with van der Waals surface area (Å²) in [5, 5.41) is 19.4.